The normalized spacial score (nSPS) is 16.1. The predicted molar refractivity (Wildman–Crippen MR) is 111 cm³/mol. The maximum Gasteiger partial charge on any atom is 0.243 e. The van der Waals surface area contributed by atoms with E-state index in [0.717, 1.165) is 22.4 Å². The van der Waals surface area contributed by atoms with Crippen LogP contribution in [0.5, 0.6) is 0 Å². The van der Waals surface area contributed by atoms with Crippen molar-refractivity contribution in [1.82, 2.24) is 9.21 Å². The molecule has 1 heterocycles. The summed E-state index contributed by atoms with van der Waals surface area (Å²) < 4.78 is 27.5. The quantitative estimate of drug-likeness (QED) is 0.836. The van der Waals surface area contributed by atoms with Gasteiger partial charge in [0.25, 0.3) is 0 Å². The fourth-order valence-corrected chi connectivity index (χ4v) is 5.09. The van der Waals surface area contributed by atoms with Crippen LogP contribution in [-0.4, -0.2) is 56.3 Å². The molecule has 0 unspecified atom stereocenters. The monoisotopic (exact) mass is 401 g/mol. The lowest BCUT2D eigenvalue weighted by molar-refractivity contribution is -0.117. The van der Waals surface area contributed by atoms with Gasteiger partial charge in [-0.15, -0.1) is 0 Å². The Morgan fingerprint density at radius 2 is 1.64 bits per heavy atom. The number of rotatable bonds is 5. The number of carbonyl (C=O) groups excluding carboxylic acids is 1. The van der Waals surface area contributed by atoms with Crippen LogP contribution in [0.2, 0.25) is 0 Å². The highest BCUT2D eigenvalue weighted by molar-refractivity contribution is 7.89. The molecule has 1 aliphatic rings. The number of piperazine rings is 1. The van der Waals surface area contributed by atoms with E-state index < -0.39 is 10.0 Å². The van der Waals surface area contributed by atoms with E-state index in [0.29, 0.717) is 31.1 Å². The van der Waals surface area contributed by atoms with Crippen LogP contribution in [0.1, 0.15) is 16.7 Å². The Morgan fingerprint density at radius 1 is 0.964 bits per heavy atom. The molecule has 150 valence electrons. The predicted octanol–water partition coefficient (Wildman–Crippen LogP) is 2.56. The first kappa shape index (κ1) is 20.5. The molecule has 1 aliphatic heterocycles. The van der Waals surface area contributed by atoms with Crippen LogP contribution in [0.4, 0.5) is 5.69 Å². The largest absolute Gasteiger partial charge is 0.325 e. The molecule has 7 heteroatoms. The molecule has 0 saturated carbocycles. The Labute approximate surface area is 167 Å². The van der Waals surface area contributed by atoms with E-state index in [1.807, 2.05) is 62.1 Å². The highest BCUT2D eigenvalue weighted by atomic mass is 32.2. The molecule has 2 aromatic rings. The van der Waals surface area contributed by atoms with Gasteiger partial charge in [0.2, 0.25) is 15.9 Å². The Bertz CT molecular complexity index is 965. The van der Waals surface area contributed by atoms with Gasteiger partial charge in [0.15, 0.2) is 0 Å². The van der Waals surface area contributed by atoms with Crippen molar-refractivity contribution in [2.75, 3.05) is 38.0 Å². The first-order valence-electron chi connectivity index (χ1n) is 9.42. The lowest BCUT2D eigenvalue weighted by atomic mass is 10.2. The molecule has 0 atom stereocenters. The summed E-state index contributed by atoms with van der Waals surface area (Å²) in [7, 11) is -3.52. The molecule has 1 N–H and O–H groups in total. The molecule has 0 aromatic heterocycles. The molecular weight excluding hydrogens is 374 g/mol. The molecule has 3 rings (SSSR count). The molecule has 0 radical (unpaired) electrons. The van der Waals surface area contributed by atoms with Gasteiger partial charge in [-0.25, -0.2) is 8.42 Å². The standard InChI is InChI=1S/C21H27N3O3S/c1-16-8-9-18(3)20(14-16)28(26,27)24-12-10-23(11-13-24)15-21(25)22-19-7-5-4-6-17(19)2/h4-9,14H,10-13,15H2,1-3H3,(H,22,25). The number of sulfonamides is 1. The average Bonchev–Trinajstić information content (AvgIpc) is 2.66. The number of anilines is 1. The molecular formula is C21H27N3O3S. The van der Waals surface area contributed by atoms with E-state index in [4.69, 9.17) is 0 Å². The lowest BCUT2D eigenvalue weighted by Gasteiger charge is -2.33. The number of carbonyl (C=O) groups is 1. The number of amides is 1. The third-order valence-corrected chi connectivity index (χ3v) is 7.12. The van der Waals surface area contributed by atoms with Crippen LogP contribution in [0.15, 0.2) is 47.4 Å². The lowest BCUT2D eigenvalue weighted by Crippen LogP contribution is -2.50. The molecule has 6 nitrogen and oxygen atoms in total. The van der Waals surface area contributed by atoms with Crippen LogP contribution >= 0.6 is 0 Å². The Morgan fingerprint density at radius 3 is 2.32 bits per heavy atom. The van der Waals surface area contributed by atoms with Gasteiger partial charge in [0.05, 0.1) is 11.4 Å². The zero-order valence-electron chi connectivity index (χ0n) is 16.6. The number of aryl methyl sites for hydroxylation is 3. The molecule has 1 fully saturated rings. The van der Waals surface area contributed by atoms with E-state index in [1.54, 1.807) is 6.07 Å². The molecule has 2 aromatic carbocycles. The van der Waals surface area contributed by atoms with Crippen molar-refractivity contribution in [3.63, 3.8) is 0 Å². The van der Waals surface area contributed by atoms with Crippen molar-refractivity contribution in [2.24, 2.45) is 0 Å². The fourth-order valence-electron chi connectivity index (χ4n) is 3.36. The van der Waals surface area contributed by atoms with Crippen LogP contribution in [0, 0.1) is 20.8 Å². The topological polar surface area (TPSA) is 69.7 Å². The third-order valence-electron chi connectivity index (χ3n) is 5.08. The average molecular weight is 402 g/mol. The Kier molecular flexibility index (Phi) is 6.17. The summed E-state index contributed by atoms with van der Waals surface area (Å²) in [5.74, 6) is -0.0832. The van der Waals surface area contributed by atoms with E-state index in [9.17, 15) is 13.2 Å². The van der Waals surface area contributed by atoms with E-state index >= 15 is 0 Å². The minimum absolute atomic E-state index is 0.0832. The Balaban J connectivity index is 1.59. The van der Waals surface area contributed by atoms with Gasteiger partial charge in [0, 0.05) is 31.9 Å². The van der Waals surface area contributed by atoms with Crippen LogP contribution in [-0.2, 0) is 14.8 Å². The number of para-hydroxylation sites is 1. The van der Waals surface area contributed by atoms with Crippen LogP contribution in [0.3, 0.4) is 0 Å². The van der Waals surface area contributed by atoms with Gasteiger partial charge >= 0.3 is 0 Å². The summed E-state index contributed by atoms with van der Waals surface area (Å²) in [6.07, 6.45) is 0. The molecule has 1 amide bonds. The van der Waals surface area contributed by atoms with E-state index in [1.165, 1.54) is 4.31 Å². The highest BCUT2D eigenvalue weighted by Gasteiger charge is 2.30. The van der Waals surface area contributed by atoms with Crippen molar-refractivity contribution in [3.05, 3.63) is 59.2 Å². The van der Waals surface area contributed by atoms with Crippen molar-refractivity contribution in [1.29, 1.82) is 0 Å². The summed E-state index contributed by atoms with van der Waals surface area (Å²) in [6, 6.07) is 13.1. The van der Waals surface area contributed by atoms with Gasteiger partial charge in [-0.1, -0.05) is 30.3 Å². The first-order valence-corrected chi connectivity index (χ1v) is 10.9. The minimum Gasteiger partial charge on any atom is -0.325 e. The summed E-state index contributed by atoms with van der Waals surface area (Å²) in [4.78, 5) is 14.7. The number of nitrogens with zero attached hydrogens (tertiary/aromatic N) is 2. The zero-order valence-corrected chi connectivity index (χ0v) is 17.4. The smallest absolute Gasteiger partial charge is 0.243 e. The number of benzene rings is 2. The summed E-state index contributed by atoms with van der Waals surface area (Å²) >= 11 is 0. The summed E-state index contributed by atoms with van der Waals surface area (Å²) in [5.41, 5.74) is 3.50. The van der Waals surface area contributed by atoms with Crippen molar-refractivity contribution in [3.8, 4) is 0 Å². The maximum atomic E-state index is 13.0. The van der Waals surface area contributed by atoms with Gasteiger partial charge in [0.1, 0.15) is 0 Å². The van der Waals surface area contributed by atoms with Crippen molar-refractivity contribution in [2.45, 2.75) is 25.7 Å². The Hall–Kier alpha value is -2.22. The molecule has 0 aliphatic carbocycles. The SMILES string of the molecule is Cc1ccc(C)c(S(=O)(=O)N2CCN(CC(=O)Nc3ccccc3C)CC2)c1. The van der Waals surface area contributed by atoms with E-state index in [-0.39, 0.29) is 12.5 Å². The first-order chi connectivity index (χ1) is 13.3. The van der Waals surface area contributed by atoms with Gasteiger partial charge < -0.3 is 5.32 Å². The van der Waals surface area contributed by atoms with Gasteiger partial charge in [-0.2, -0.15) is 4.31 Å². The van der Waals surface area contributed by atoms with Crippen LogP contribution < -0.4 is 5.32 Å². The molecule has 0 bridgehead atoms. The van der Waals surface area contributed by atoms with Crippen LogP contribution in [0.25, 0.3) is 0 Å². The second-order valence-electron chi connectivity index (χ2n) is 7.31. The second kappa shape index (κ2) is 8.43. The highest BCUT2D eigenvalue weighted by Crippen LogP contribution is 2.22. The number of hydrogen-bond acceptors (Lipinski definition) is 4. The maximum absolute atomic E-state index is 13.0. The number of hydrogen-bond donors (Lipinski definition) is 1. The molecule has 28 heavy (non-hydrogen) atoms. The summed E-state index contributed by atoms with van der Waals surface area (Å²) in [6.45, 7) is 7.75. The van der Waals surface area contributed by atoms with E-state index in [2.05, 4.69) is 5.32 Å². The zero-order chi connectivity index (χ0) is 20.3. The second-order valence-corrected chi connectivity index (χ2v) is 9.22. The van der Waals surface area contributed by atoms with Crippen molar-refractivity contribution >= 4 is 21.6 Å². The third kappa shape index (κ3) is 4.60. The van der Waals surface area contributed by atoms with Crippen molar-refractivity contribution < 1.29 is 13.2 Å². The number of nitrogens with one attached hydrogen (secondary N) is 1. The molecule has 0 spiro atoms. The van der Waals surface area contributed by atoms with Gasteiger partial charge in [-0.3, -0.25) is 9.69 Å². The summed E-state index contributed by atoms with van der Waals surface area (Å²) in [5, 5.41) is 2.93. The molecule has 1 saturated heterocycles. The van der Waals surface area contributed by atoms with Gasteiger partial charge in [-0.05, 0) is 49.6 Å². The minimum atomic E-state index is -3.52. The fraction of sp³-hybridized carbons (Fsp3) is 0.381.